The van der Waals surface area contributed by atoms with Gasteiger partial charge in [0.2, 0.25) is 0 Å². The summed E-state index contributed by atoms with van der Waals surface area (Å²) in [5.74, 6) is 1.03. The highest BCUT2D eigenvalue weighted by atomic mass is 16.5. The molecule has 0 N–H and O–H groups in total. The lowest BCUT2D eigenvalue weighted by Crippen LogP contribution is -2.36. The topological polar surface area (TPSA) is 43.4 Å². The van der Waals surface area contributed by atoms with Crippen molar-refractivity contribution in [3.05, 3.63) is 29.8 Å². The molecule has 106 valence electrons. The minimum absolute atomic E-state index is 0.0175. The predicted molar refractivity (Wildman–Crippen MR) is 75.8 cm³/mol. The van der Waals surface area contributed by atoms with Crippen molar-refractivity contribution in [1.82, 2.24) is 0 Å². The fourth-order valence-corrected chi connectivity index (χ4v) is 4.14. The molecule has 0 heterocycles. The number of para-hydroxylation sites is 1. The summed E-state index contributed by atoms with van der Waals surface area (Å²) in [5, 5.41) is 0. The number of hydrogen-bond acceptors (Lipinski definition) is 3. The molecule has 3 rings (SSSR count). The number of hydrogen-bond donors (Lipinski definition) is 0. The Labute approximate surface area is 119 Å². The second kappa shape index (κ2) is 4.72. The van der Waals surface area contributed by atoms with Crippen molar-refractivity contribution >= 4 is 11.6 Å². The van der Waals surface area contributed by atoms with E-state index in [1.54, 1.807) is 7.11 Å². The number of carbonyl (C=O) groups is 2. The Balaban J connectivity index is 2.12. The molecule has 0 radical (unpaired) electrons. The van der Waals surface area contributed by atoms with Crippen LogP contribution in [0.15, 0.2) is 24.3 Å². The average Bonchev–Trinajstić information content (AvgIpc) is 2.96. The number of benzene rings is 1. The molecule has 3 atom stereocenters. The van der Waals surface area contributed by atoms with Gasteiger partial charge < -0.3 is 4.74 Å². The summed E-state index contributed by atoms with van der Waals surface area (Å²) in [6, 6.07) is 7.79. The van der Waals surface area contributed by atoms with Crippen LogP contribution in [0.4, 0.5) is 0 Å². The summed E-state index contributed by atoms with van der Waals surface area (Å²) in [6.07, 6.45) is 2.84. The van der Waals surface area contributed by atoms with Gasteiger partial charge in [0.15, 0.2) is 0 Å². The number of methoxy groups -OCH3 is 1. The van der Waals surface area contributed by atoms with Crippen LogP contribution in [0.5, 0.6) is 5.75 Å². The van der Waals surface area contributed by atoms with Crippen molar-refractivity contribution in [1.29, 1.82) is 0 Å². The van der Waals surface area contributed by atoms with Crippen LogP contribution in [0.25, 0.3) is 0 Å². The molecule has 1 spiro atoms. The smallest absolute Gasteiger partial charge is 0.149 e. The Morgan fingerprint density at radius 1 is 1.25 bits per heavy atom. The van der Waals surface area contributed by atoms with E-state index in [0.717, 1.165) is 24.2 Å². The Hall–Kier alpha value is -1.64. The van der Waals surface area contributed by atoms with E-state index in [1.165, 1.54) is 0 Å². The molecule has 20 heavy (non-hydrogen) atoms. The van der Waals surface area contributed by atoms with Crippen LogP contribution in [0, 0.1) is 11.3 Å². The largest absolute Gasteiger partial charge is 0.496 e. The molecule has 3 heteroatoms. The third kappa shape index (κ3) is 1.65. The molecule has 2 saturated carbocycles. The van der Waals surface area contributed by atoms with E-state index >= 15 is 0 Å². The van der Waals surface area contributed by atoms with Gasteiger partial charge in [0.05, 0.1) is 12.5 Å². The first kappa shape index (κ1) is 13.3. The van der Waals surface area contributed by atoms with Crippen molar-refractivity contribution < 1.29 is 14.3 Å². The zero-order valence-corrected chi connectivity index (χ0v) is 12.0. The first-order chi connectivity index (χ1) is 9.61. The second-order valence-corrected chi connectivity index (χ2v) is 6.04. The summed E-state index contributed by atoms with van der Waals surface area (Å²) < 4.78 is 5.44. The van der Waals surface area contributed by atoms with Crippen molar-refractivity contribution in [2.75, 3.05) is 7.11 Å². The molecule has 0 unspecified atom stereocenters. The van der Waals surface area contributed by atoms with E-state index in [4.69, 9.17) is 4.74 Å². The highest BCUT2D eigenvalue weighted by Gasteiger charge is 2.60. The first-order valence-corrected chi connectivity index (χ1v) is 7.31. The fourth-order valence-electron chi connectivity index (χ4n) is 4.14. The molecule has 0 aliphatic heterocycles. The van der Waals surface area contributed by atoms with Crippen LogP contribution >= 0.6 is 0 Å². The summed E-state index contributed by atoms with van der Waals surface area (Å²) in [4.78, 5) is 25.1. The number of Topliss-reactive ketones (excluding diaryl/α,β-unsaturated/α-hetero) is 2. The summed E-state index contributed by atoms with van der Waals surface area (Å²) in [6.45, 7) is 1.95. The normalized spacial score (nSPS) is 33.1. The van der Waals surface area contributed by atoms with Gasteiger partial charge in [0, 0.05) is 18.3 Å². The Morgan fingerprint density at radius 2 is 2.00 bits per heavy atom. The third-order valence-corrected chi connectivity index (χ3v) is 5.06. The summed E-state index contributed by atoms with van der Waals surface area (Å²) in [7, 11) is 1.64. The average molecular weight is 272 g/mol. The van der Waals surface area contributed by atoms with E-state index in [9.17, 15) is 9.59 Å². The van der Waals surface area contributed by atoms with Gasteiger partial charge in [-0.05, 0) is 30.9 Å². The Bertz CT molecular complexity index is 563. The zero-order valence-electron chi connectivity index (χ0n) is 12.0. The maximum Gasteiger partial charge on any atom is 0.149 e. The van der Waals surface area contributed by atoms with Gasteiger partial charge in [0.25, 0.3) is 0 Å². The Morgan fingerprint density at radius 3 is 2.65 bits per heavy atom. The molecule has 2 aliphatic carbocycles. The third-order valence-electron chi connectivity index (χ3n) is 5.06. The van der Waals surface area contributed by atoms with E-state index in [2.05, 4.69) is 0 Å². The van der Waals surface area contributed by atoms with Crippen molar-refractivity contribution in [3.63, 3.8) is 0 Å². The van der Waals surface area contributed by atoms with E-state index < -0.39 is 5.41 Å². The van der Waals surface area contributed by atoms with E-state index in [0.29, 0.717) is 12.8 Å². The first-order valence-electron chi connectivity index (χ1n) is 7.31. The Kier molecular flexibility index (Phi) is 3.15. The van der Waals surface area contributed by atoms with Gasteiger partial charge in [-0.3, -0.25) is 9.59 Å². The quantitative estimate of drug-likeness (QED) is 0.777. The van der Waals surface area contributed by atoms with Gasteiger partial charge in [0.1, 0.15) is 17.3 Å². The maximum absolute atomic E-state index is 12.7. The highest BCUT2D eigenvalue weighted by Crippen LogP contribution is 2.57. The SMILES string of the molecule is COc1ccccc1[C@H]1C[C@@H](C)C(=O)[C@]12CCCC2=O. The second-order valence-electron chi connectivity index (χ2n) is 6.04. The molecule has 2 aliphatic rings. The molecule has 3 nitrogen and oxygen atoms in total. The fraction of sp³-hybridized carbons (Fsp3) is 0.529. The lowest BCUT2D eigenvalue weighted by molar-refractivity contribution is -0.138. The maximum atomic E-state index is 12.7. The molecule has 2 fully saturated rings. The molecule has 0 saturated heterocycles. The summed E-state index contributed by atoms with van der Waals surface area (Å²) in [5.41, 5.74) is 0.247. The molecule has 0 aromatic heterocycles. The lowest BCUT2D eigenvalue weighted by Gasteiger charge is -2.29. The van der Waals surface area contributed by atoms with Crippen LogP contribution in [-0.4, -0.2) is 18.7 Å². The van der Waals surface area contributed by atoms with Crippen LogP contribution in [-0.2, 0) is 9.59 Å². The predicted octanol–water partition coefficient (Wildman–Crippen LogP) is 3.13. The van der Waals surface area contributed by atoms with Crippen molar-refractivity contribution in [2.45, 2.75) is 38.5 Å². The number of rotatable bonds is 2. The molecule has 0 amide bonds. The monoisotopic (exact) mass is 272 g/mol. The minimum atomic E-state index is -0.770. The molecular weight excluding hydrogens is 252 g/mol. The van der Waals surface area contributed by atoms with Crippen LogP contribution in [0.3, 0.4) is 0 Å². The van der Waals surface area contributed by atoms with E-state index in [-0.39, 0.29) is 23.4 Å². The van der Waals surface area contributed by atoms with Gasteiger partial charge in [-0.2, -0.15) is 0 Å². The summed E-state index contributed by atoms with van der Waals surface area (Å²) >= 11 is 0. The highest BCUT2D eigenvalue weighted by molar-refractivity contribution is 6.11. The zero-order chi connectivity index (χ0) is 14.3. The number of ether oxygens (including phenoxy) is 1. The van der Waals surface area contributed by atoms with Crippen LogP contribution in [0.2, 0.25) is 0 Å². The van der Waals surface area contributed by atoms with Crippen molar-refractivity contribution in [2.24, 2.45) is 11.3 Å². The van der Waals surface area contributed by atoms with Gasteiger partial charge in [-0.25, -0.2) is 0 Å². The van der Waals surface area contributed by atoms with Crippen LogP contribution < -0.4 is 4.74 Å². The van der Waals surface area contributed by atoms with Crippen LogP contribution in [0.1, 0.15) is 44.1 Å². The number of carbonyl (C=O) groups excluding carboxylic acids is 2. The molecule has 0 bridgehead atoms. The lowest BCUT2D eigenvalue weighted by atomic mass is 9.71. The number of ketones is 2. The van der Waals surface area contributed by atoms with E-state index in [1.807, 2.05) is 31.2 Å². The van der Waals surface area contributed by atoms with Gasteiger partial charge >= 0.3 is 0 Å². The van der Waals surface area contributed by atoms with Gasteiger partial charge in [-0.15, -0.1) is 0 Å². The van der Waals surface area contributed by atoms with Gasteiger partial charge in [-0.1, -0.05) is 25.1 Å². The van der Waals surface area contributed by atoms with Crippen molar-refractivity contribution in [3.8, 4) is 5.75 Å². The standard InChI is InChI=1S/C17H20O3/c1-11-10-13(12-6-3-4-7-14(12)20-2)17(16(11)19)9-5-8-15(17)18/h3-4,6-7,11,13H,5,8-10H2,1-2H3/t11-,13-,17-/m1/s1. The molecule has 1 aromatic rings. The molecular formula is C17H20O3. The molecule has 1 aromatic carbocycles. The minimum Gasteiger partial charge on any atom is -0.496 e.